The number of rotatable bonds is 4. The highest BCUT2D eigenvalue weighted by Crippen LogP contribution is 2.19. The number of halogens is 2. The van der Waals surface area contributed by atoms with Gasteiger partial charge in [-0.2, -0.15) is 5.10 Å². The van der Waals surface area contributed by atoms with Crippen molar-refractivity contribution in [2.75, 3.05) is 5.32 Å². The smallest absolute Gasteiger partial charge is 0.277 e. The molecule has 8 heteroatoms. The van der Waals surface area contributed by atoms with Crippen molar-refractivity contribution in [2.24, 2.45) is 0 Å². The third-order valence-electron chi connectivity index (χ3n) is 5.22. The van der Waals surface area contributed by atoms with E-state index in [9.17, 15) is 18.4 Å². The Morgan fingerprint density at radius 2 is 1.53 bits per heavy atom. The Kier molecular flexibility index (Phi) is 4.74. The van der Waals surface area contributed by atoms with Crippen molar-refractivity contribution in [3.05, 3.63) is 112 Å². The van der Waals surface area contributed by atoms with Gasteiger partial charge in [-0.15, -0.1) is 0 Å². The van der Waals surface area contributed by atoms with Gasteiger partial charge in [-0.1, -0.05) is 12.1 Å². The van der Waals surface area contributed by atoms with Gasteiger partial charge in [0.05, 0.1) is 23.8 Å². The van der Waals surface area contributed by atoms with E-state index >= 15 is 0 Å². The van der Waals surface area contributed by atoms with Crippen LogP contribution in [0, 0.1) is 11.6 Å². The van der Waals surface area contributed by atoms with Crippen LogP contribution in [0.1, 0.15) is 15.9 Å². The van der Waals surface area contributed by atoms with Crippen LogP contribution in [0.4, 0.5) is 14.5 Å². The highest BCUT2D eigenvalue weighted by molar-refractivity contribution is 6.06. The number of benzene rings is 3. The largest absolute Gasteiger partial charge is 0.322 e. The summed E-state index contributed by atoms with van der Waals surface area (Å²) in [6.07, 6.45) is 1.54. The number of nitrogens with one attached hydrogen (secondary N) is 1. The first kappa shape index (κ1) is 19.6. The summed E-state index contributed by atoms with van der Waals surface area (Å²) in [6.45, 7) is 0.195. The lowest BCUT2D eigenvalue weighted by molar-refractivity contribution is 0.102. The van der Waals surface area contributed by atoms with Crippen molar-refractivity contribution >= 4 is 28.1 Å². The molecule has 1 N–H and O–H groups in total. The minimum atomic E-state index is -0.403. The van der Waals surface area contributed by atoms with Crippen LogP contribution in [0.25, 0.3) is 16.6 Å². The zero-order valence-electron chi connectivity index (χ0n) is 16.6. The second kappa shape index (κ2) is 7.73. The molecule has 0 aliphatic carbocycles. The maximum atomic E-state index is 13.3. The number of carbonyl (C=O) groups is 1. The van der Waals surface area contributed by atoms with Crippen LogP contribution in [-0.2, 0) is 6.54 Å². The number of anilines is 1. The summed E-state index contributed by atoms with van der Waals surface area (Å²) in [5, 5.41) is 6.95. The normalized spacial score (nSPS) is 11.2. The minimum Gasteiger partial charge on any atom is -0.322 e. The van der Waals surface area contributed by atoms with Crippen molar-refractivity contribution in [3.63, 3.8) is 0 Å². The molecule has 0 bridgehead atoms. The first-order chi connectivity index (χ1) is 15.5. The van der Waals surface area contributed by atoms with Crippen molar-refractivity contribution in [3.8, 4) is 0 Å². The number of aromatic nitrogens is 3. The van der Waals surface area contributed by atoms with E-state index in [0.717, 1.165) is 5.56 Å². The van der Waals surface area contributed by atoms with Crippen molar-refractivity contribution < 1.29 is 13.6 Å². The van der Waals surface area contributed by atoms with Crippen molar-refractivity contribution in [2.45, 2.75) is 6.54 Å². The molecule has 158 valence electrons. The predicted molar refractivity (Wildman–Crippen MR) is 117 cm³/mol. The number of carbonyl (C=O) groups excluding carboxylic acids is 1. The molecule has 32 heavy (non-hydrogen) atoms. The van der Waals surface area contributed by atoms with E-state index < -0.39 is 11.7 Å². The third-order valence-corrected chi connectivity index (χ3v) is 5.22. The van der Waals surface area contributed by atoms with E-state index in [1.54, 1.807) is 36.4 Å². The maximum Gasteiger partial charge on any atom is 0.277 e. The maximum absolute atomic E-state index is 13.3. The first-order valence-corrected chi connectivity index (χ1v) is 9.81. The second-order valence-electron chi connectivity index (χ2n) is 7.31. The molecule has 0 atom stereocenters. The summed E-state index contributed by atoms with van der Waals surface area (Å²) in [6, 6.07) is 17.9. The van der Waals surface area contributed by atoms with E-state index in [1.165, 1.54) is 51.7 Å². The van der Waals surface area contributed by atoms with E-state index in [1.807, 2.05) is 0 Å². The molecule has 0 saturated carbocycles. The zero-order valence-corrected chi connectivity index (χ0v) is 16.6. The van der Waals surface area contributed by atoms with E-state index in [-0.39, 0.29) is 17.9 Å². The molecule has 5 aromatic rings. The van der Waals surface area contributed by atoms with Gasteiger partial charge in [0.25, 0.3) is 11.5 Å². The van der Waals surface area contributed by atoms with Gasteiger partial charge >= 0.3 is 0 Å². The summed E-state index contributed by atoms with van der Waals surface area (Å²) in [4.78, 5) is 26.0. The summed E-state index contributed by atoms with van der Waals surface area (Å²) in [5.74, 6) is -1.17. The SMILES string of the molecule is O=C(Nc1ccc(F)cc1)c1ccc2c(c1)n(Cc1ccc(F)cc1)c(=O)c1ccnn12. The average Bonchev–Trinajstić information content (AvgIpc) is 3.29. The quantitative estimate of drug-likeness (QED) is 0.464. The molecule has 0 aliphatic rings. The summed E-state index contributed by atoms with van der Waals surface area (Å²) in [5.41, 5.74) is 2.76. The Morgan fingerprint density at radius 3 is 2.25 bits per heavy atom. The molecule has 1 amide bonds. The number of fused-ring (bicyclic) bond motifs is 3. The number of nitrogens with zero attached hydrogens (tertiary/aromatic N) is 3. The van der Waals surface area contributed by atoms with Crippen LogP contribution in [0.15, 0.2) is 83.8 Å². The molecule has 0 aliphatic heterocycles. The van der Waals surface area contributed by atoms with Gasteiger partial charge in [0.1, 0.15) is 17.2 Å². The Bertz CT molecular complexity index is 1520. The van der Waals surface area contributed by atoms with Crippen LogP contribution in [0.2, 0.25) is 0 Å². The molecule has 0 spiro atoms. The van der Waals surface area contributed by atoms with Crippen LogP contribution in [-0.4, -0.2) is 20.1 Å². The van der Waals surface area contributed by atoms with Crippen molar-refractivity contribution in [1.82, 2.24) is 14.2 Å². The lowest BCUT2D eigenvalue weighted by atomic mass is 10.1. The molecule has 0 fully saturated rings. The molecule has 2 aromatic heterocycles. The lowest BCUT2D eigenvalue weighted by Crippen LogP contribution is -2.24. The zero-order chi connectivity index (χ0) is 22.2. The molecule has 0 unspecified atom stereocenters. The molecule has 3 aromatic carbocycles. The molecular formula is C24H16F2N4O2. The summed E-state index contributed by atoms with van der Waals surface area (Å²) >= 11 is 0. The fourth-order valence-electron chi connectivity index (χ4n) is 3.63. The molecule has 5 rings (SSSR count). The highest BCUT2D eigenvalue weighted by atomic mass is 19.1. The molecular weight excluding hydrogens is 414 g/mol. The van der Waals surface area contributed by atoms with Gasteiger partial charge in [0, 0.05) is 11.3 Å². The van der Waals surface area contributed by atoms with Gasteiger partial charge in [-0.3, -0.25) is 9.59 Å². The van der Waals surface area contributed by atoms with Gasteiger partial charge in [0.15, 0.2) is 0 Å². The fraction of sp³-hybridized carbons (Fsp3) is 0.0417. The van der Waals surface area contributed by atoms with Crippen LogP contribution < -0.4 is 10.9 Å². The van der Waals surface area contributed by atoms with Gasteiger partial charge < -0.3 is 9.88 Å². The second-order valence-corrected chi connectivity index (χ2v) is 7.31. The predicted octanol–water partition coefficient (Wildman–Crippen LogP) is 4.23. The van der Waals surface area contributed by atoms with E-state index in [0.29, 0.717) is 27.8 Å². The Labute approximate surface area is 180 Å². The van der Waals surface area contributed by atoms with Gasteiger partial charge in [0.2, 0.25) is 0 Å². The topological polar surface area (TPSA) is 68.4 Å². The van der Waals surface area contributed by atoms with E-state index in [4.69, 9.17) is 0 Å². The Hall–Kier alpha value is -4.33. The fourth-order valence-corrected chi connectivity index (χ4v) is 3.63. The van der Waals surface area contributed by atoms with Gasteiger partial charge in [-0.25, -0.2) is 13.3 Å². The summed E-state index contributed by atoms with van der Waals surface area (Å²) < 4.78 is 29.5. The molecule has 6 nitrogen and oxygen atoms in total. The number of hydrogen-bond acceptors (Lipinski definition) is 3. The standard InChI is InChI=1S/C24H16F2N4O2/c25-17-4-1-15(2-5-17)14-29-22-13-16(23(31)28-19-8-6-18(26)7-9-19)3-10-20(22)30-21(24(29)32)11-12-27-30/h1-13H,14H2,(H,28,31). The van der Waals surface area contributed by atoms with Gasteiger partial charge in [-0.05, 0) is 66.2 Å². The molecule has 2 heterocycles. The Balaban J connectivity index is 1.62. The van der Waals surface area contributed by atoms with E-state index in [2.05, 4.69) is 10.4 Å². The van der Waals surface area contributed by atoms with Crippen molar-refractivity contribution in [1.29, 1.82) is 0 Å². The lowest BCUT2D eigenvalue weighted by Gasteiger charge is -2.14. The average molecular weight is 430 g/mol. The summed E-state index contributed by atoms with van der Waals surface area (Å²) in [7, 11) is 0. The molecule has 0 saturated heterocycles. The monoisotopic (exact) mass is 430 g/mol. The van der Waals surface area contributed by atoms with Crippen LogP contribution >= 0.6 is 0 Å². The van der Waals surface area contributed by atoms with Crippen LogP contribution in [0.3, 0.4) is 0 Å². The first-order valence-electron chi connectivity index (χ1n) is 9.81. The number of hydrogen-bond donors (Lipinski definition) is 1. The molecule has 0 radical (unpaired) electrons. The Morgan fingerprint density at radius 1 is 0.844 bits per heavy atom. The minimum absolute atomic E-state index is 0.195. The van der Waals surface area contributed by atoms with Crippen LogP contribution in [0.5, 0.6) is 0 Å². The third kappa shape index (κ3) is 3.51. The number of amides is 1. The highest BCUT2D eigenvalue weighted by Gasteiger charge is 2.15.